The number of nitrogens with one attached hydrogen (secondary N) is 1. The van der Waals surface area contributed by atoms with Gasteiger partial charge in [0, 0.05) is 12.2 Å². The molecule has 0 spiro atoms. The second-order valence-electron chi connectivity index (χ2n) is 4.00. The first kappa shape index (κ1) is 14.7. The van der Waals surface area contributed by atoms with E-state index in [4.69, 9.17) is 11.6 Å². The zero-order valence-electron chi connectivity index (χ0n) is 10.9. The topological polar surface area (TPSA) is 58.0 Å². The predicted molar refractivity (Wildman–Crippen MR) is 73.6 cm³/mol. The first-order valence-corrected chi connectivity index (χ1v) is 6.43. The lowest BCUT2D eigenvalue weighted by molar-refractivity contribution is 0.253. The summed E-state index contributed by atoms with van der Waals surface area (Å²) in [7, 11) is 0. The van der Waals surface area contributed by atoms with Gasteiger partial charge in [-0.3, -0.25) is 0 Å². The Morgan fingerprint density at radius 3 is 2.67 bits per heavy atom. The van der Waals surface area contributed by atoms with Crippen LogP contribution in [0.1, 0.15) is 39.2 Å². The van der Waals surface area contributed by atoms with Crippen LogP contribution in [0, 0.1) is 11.8 Å². The number of aliphatic hydroxyl groups is 1. The Morgan fingerprint density at radius 2 is 2.11 bits per heavy atom. The van der Waals surface area contributed by atoms with Crippen molar-refractivity contribution in [1.82, 2.24) is 9.97 Å². The third-order valence-electron chi connectivity index (χ3n) is 2.50. The molecule has 1 unspecified atom stereocenters. The zero-order chi connectivity index (χ0) is 13.5. The zero-order valence-corrected chi connectivity index (χ0v) is 11.6. The molecule has 0 amide bonds. The SMILES string of the molecule is CCC(CC)Nc1nc(Cl)ncc1C#CC(C)O. The van der Waals surface area contributed by atoms with Crippen molar-refractivity contribution >= 4 is 17.4 Å². The number of hydrogen-bond acceptors (Lipinski definition) is 4. The van der Waals surface area contributed by atoms with Crippen molar-refractivity contribution in [3.05, 3.63) is 17.0 Å². The van der Waals surface area contributed by atoms with Crippen LogP contribution in [-0.4, -0.2) is 27.2 Å². The fourth-order valence-corrected chi connectivity index (χ4v) is 1.56. The van der Waals surface area contributed by atoms with E-state index in [0.717, 1.165) is 12.8 Å². The van der Waals surface area contributed by atoms with E-state index in [1.54, 1.807) is 13.1 Å². The van der Waals surface area contributed by atoms with Crippen molar-refractivity contribution in [1.29, 1.82) is 0 Å². The molecular formula is C13H18ClN3O. The molecule has 1 rings (SSSR count). The monoisotopic (exact) mass is 267 g/mol. The van der Waals surface area contributed by atoms with Crippen LogP contribution in [0.5, 0.6) is 0 Å². The summed E-state index contributed by atoms with van der Waals surface area (Å²) in [4.78, 5) is 8.05. The van der Waals surface area contributed by atoms with Crippen LogP contribution in [0.3, 0.4) is 0 Å². The summed E-state index contributed by atoms with van der Waals surface area (Å²) in [6.07, 6.45) is 2.86. The summed E-state index contributed by atoms with van der Waals surface area (Å²) in [6, 6.07) is 0.322. The first-order valence-electron chi connectivity index (χ1n) is 6.05. The van der Waals surface area contributed by atoms with E-state index in [1.165, 1.54) is 0 Å². The van der Waals surface area contributed by atoms with Crippen LogP contribution < -0.4 is 5.32 Å². The summed E-state index contributed by atoms with van der Waals surface area (Å²) in [6.45, 7) is 5.81. The fraction of sp³-hybridized carbons (Fsp3) is 0.538. The largest absolute Gasteiger partial charge is 0.381 e. The quantitative estimate of drug-likeness (QED) is 0.650. The molecule has 2 N–H and O–H groups in total. The van der Waals surface area contributed by atoms with Crippen molar-refractivity contribution < 1.29 is 5.11 Å². The second-order valence-corrected chi connectivity index (χ2v) is 4.34. The molecule has 1 aromatic heterocycles. The summed E-state index contributed by atoms with van der Waals surface area (Å²) >= 11 is 5.79. The minimum absolute atomic E-state index is 0.186. The average molecular weight is 268 g/mol. The summed E-state index contributed by atoms with van der Waals surface area (Å²) in [5.41, 5.74) is 0.646. The Hall–Kier alpha value is -1.31. The van der Waals surface area contributed by atoms with Gasteiger partial charge in [0.1, 0.15) is 11.9 Å². The van der Waals surface area contributed by atoms with Gasteiger partial charge in [0.2, 0.25) is 5.28 Å². The lowest BCUT2D eigenvalue weighted by Crippen LogP contribution is -2.19. The number of rotatable bonds is 4. The third-order valence-corrected chi connectivity index (χ3v) is 2.68. The highest BCUT2D eigenvalue weighted by molar-refractivity contribution is 6.28. The molecule has 0 radical (unpaired) electrons. The lowest BCUT2D eigenvalue weighted by Gasteiger charge is -2.16. The van der Waals surface area contributed by atoms with E-state index >= 15 is 0 Å². The molecule has 1 heterocycles. The molecule has 0 bridgehead atoms. The van der Waals surface area contributed by atoms with Crippen LogP contribution in [0.4, 0.5) is 5.82 Å². The number of aliphatic hydroxyl groups excluding tert-OH is 1. The third kappa shape index (κ3) is 4.52. The van der Waals surface area contributed by atoms with Crippen LogP contribution >= 0.6 is 11.6 Å². The Labute approximate surface area is 113 Å². The van der Waals surface area contributed by atoms with E-state index in [1.807, 2.05) is 0 Å². The van der Waals surface area contributed by atoms with Crippen molar-refractivity contribution in [3.63, 3.8) is 0 Å². The number of hydrogen-bond donors (Lipinski definition) is 2. The molecule has 0 aliphatic rings. The molecule has 0 aliphatic heterocycles. The number of nitrogens with zero attached hydrogens (tertiary/aromatic N) is 2. The van der Waals surface area contributed by atoms with Crippen LogP contribution in [0.2, 0.25) is 5.28 Å². The Balaban J connectivity index is 3.01. The first-order chi connectivity index (χ1) is 8.56. The molecule has 98 valence electrons. The van der Waals surface area contributed by atoms with E-state index in [2.05, 4.69) is 41.0 Å². The summed E-state index contributed by atoms with van der Waals surface area (Å²) in [5.74, 6) is 6.14. The Kier molecular flexibility index (Phi) is 5.90. The van der Waals surface area contributed by atoms with Gasteiger partial charge in [0.25, 0.3) is 0 Å². The molecule has 0 saturated carbocycles. The molecule has 0 saturated heterocycles. The Morgan fingerprint density at radius 1 is 1.44 bits per heavy atom. The molecule has 0 aliphatic carbocycles. The van der Waals surface area contributed by atoms with Gasteiger partial charge in [-0.05, 0) is 31.4 Å². The van der Waals surface area contributed by atoms with Crippen LogP contribution in [-0.2, 0) is 0 Å². The molecule has 4 nitrogen and oxygen atoms in total. The van der Waals surface area contributed by atoms with Gasteiger partial charge in [-0.15, -0.1) is 0 Å². The van der Waals surface area contributed by atoms with Gasteiger partial charge >= 0.3 is 0 Å². The minimum Gasteiger partial charge on any atom is -0.381 e. The molecule has 18 heavy (non-hydrogen) atoms. The van der Waals surface area contributed by atoms with E-state index in [-0.39, 0.29) is 5.28 Å². The normalized spacial score (nSPS) is 11.9. The lowest BCUT2D eigenvalue weighted by atomic mass is 10.1. The van der Waals surface area contributed by atoms with Gasteiger partial charge < -0.3 is 10.4 Å². The number of anilines is 1. The highest BCUT2D eigenvalue weighted by Gasteiger charge is 2.09. The minimum atomic E-state index is -0.679. The molecule has 1 aromatic rings. The molecule has 1 atom stereocenters. The van der Waals surface area contributed by atoms with Crippen molar-refractivity contribution in [2.45, 2.75) is 45.8 Å². The second kappa shape index (κ2) is 7.20. The average Bonchev–Trinajstić information content (AvgIpc) is 2.34. The van der Waals surface area contributed by atoms with Gasteiger partial charge in [-0.1, -0.05) is 25.7 Å². The summed E-state index contributed by atoms with van der Waals surface area (Å²) in [5, 5.41) is 12.7. The van der Waals surface area contributed by atoms with Crippen molar-refractivity contribution in [3.8, 4) is 11.8 Å². The fourth-order valence-electron chi connectivity index (χ4n) is 1.43. The smallest absolute Gasteiger partial charge is 0.224 e. The highest BCUT2D eigenvalue weighted by atomic mass is 35.5. The van der Waals surface area contributed by atoms with Gasteiger partial charge in [-0.25, -0.2) is 4.98 Å². The van der Waals surface area contributed by atoms with E-state index < -0.39 is 6.10 Å². The van der Waals surface area contributed by atoms with Crippen molar-refractivity contribution in [2.75, 3.05) is 5.32 Å². The molecule has 0 fully saturated rings. The highest BCUT2D eigenvalue weighted by Crippen LogP contribution is 2.16. The van der Waals surface area contributed by atoms with E-state index in [9.17, 15) is 5.11 Å². The molecular weight excluding hydrogens is 250 g/mol. The maximum Gasteiger partial charge on any atom is 0.224 e. The summed E-state index contributed by atoms with van der Waals surface area (Å²) < 4.78 is 0. The van der Waals surface area contributed by atoms with Gasteiger partial charge in [0.15, 0.2) is 0 Å². The maximum atomic E-state index is 9.17. The molecule has 5 heteroatoms. The van der Waals surface area contributed by atoms with Crippen LogP contribution in [0.25, 0.3) is 0 Å². The Bertz CT molecular complexity index is 447. The number of halogens is 1. The molecule has 0 aromatic carbocycles. The predicted octanol–water partition coefficient (Wildman–Crippen LogP) is 2.46. The van der Waals surface area contributed by atoms with Crippen molar-refractivity contribution in [2.24, 2.45) is 0 Å². The van der Waals surface area contributed by atoms with Crippen LogP contribution in [0.15, 0.2) is 6.20 Å². The van der Waals surface area contributed by atoms with Gasteiger partial charge in [0.05, 0.1) is 5.56 Å². The maximum absolute atomic E-state index is 9.17. The van der Waals surface area contributed by atoms with E-state index in [0.29, 0.717) is 17.4 Å². The van der Waals surface area contributed by atoms with Gasteiger partial charge in [-0.2, -0.15) is 4.98 Å². The standard InChI is InChI=1S/C13H18ClN3O/c1-4-11(5-2)16-12-10(7-6-9(3)18)8-15-13(14)17-12/h8-9,11,18H,4-5H2,1-3H3,(H,15,16,17). The number of aromatic nitrogens is 2.